The lowest BCUT2D eigenvalue weighted by Gasteiger charge is -2.36. The number of rotatable bonds is 5. The number of nitrogens with one attached hydrogen (secondary N) is 1. The summed E-state index contributed by atoms with van der Waals surface area (Å²) in [5.41, 5.74) is 2.36. The normalized spacial score (nSPS) is 16.2. The molecule has 25 heavy (non-hydrogen) atoms. The molecule has 0 aliphatic carbocycles. The Hall–Kier alpha value is -2.34. The molecule has 0 bridgehead atoms. The number of aliphatic imine (C=N–C) groups is 1. The molecule has 2 aromatic rings. The van der Waals surface area contributed by atoms with Gasteiger partial charge in [0.15, 0.2) is 11.7 Å². The highest BCUT2D eigenvalue weighted by molar-refractivity contribution is 5.79. The minimum Gasteiger partial charge on any atom is -0.359 e. The van der Waals surface area contributed by atoms with Gasteiger partial charge in [-0.3, -0.25) is 9.89 Å². The minimum atomic E-state index is 0.615. The van der Waals surface area contributed by atoms with Crippen LogP contribution in [0.25, 0.3) is 0 Å². The highest BCUT2D eigenvalue weighted by Gasteiger charge is 2.19. The third kappa shape index (κ3) is 4.82. The van der Waals surface area contributed by atoms with Gasteiger partial charge in [-0.05, 0) is 12.0 Å². The van der Waals surface area contributed by atoms with Gasteiger partial charge in [0.2, 0.25) is 0 Å². The number of guanidine groups is 1. The summed E-state index contributed by atoms with van der Waals surface area (Å²) in [6.45, 7) is 7.73. The molecule has 0 atom stereocenters. The van der Waals surface area contributed by atoms with E-state index in [1.54, 1.807) is 0 Å². The largest absolute Gasteiger partial charge is 0.359 e. The molecule has 2 heterocycles. The number of nitrogens with zero attached hydrogens (tertiary/aromatic N) is 4. The maximum atomic E-state index is 5.33. The van der Waals surface area contributed by atoms with Crippen molar-refractivity contribution in [1.29, 1.82) is 0 Å². The summed E-state index contributed by atoms with van der Waals surface area (Å²) < 4.78 is 5.33. The minimum absolute atomic E-state index is 0.615. The van der Waals surface area contributed by atoms with E-state index in [2.05, 4.69) is 62.5 Å². The Bertz CT molecular complexity index is 674. The molecule has 1 N–H and O–H groups in total. The summed E-state index contributed by atoms with van der Waals surface area (Å²) in [4.78, 5) is 9.21. The molecular formula is C19H27N5O. The summed E-state index contributed by atoms with van der Waals surface area (Å²) >= 11 is 0. The van der Waals surface area contributed by atoms with E-state index < -0.39 is 0 Å². The zero-order valence-electron chi connectivity index (χ0n) is 15.1. The van der Waals surface area contributed by atoms with Crippen molar-refractivity contribution >= 4 is 5.96 Å². The first kappa shape index (κ1) is 17.5. The maximum Gasteiger partial charge on any atom is 0.194 e. The molecule has 1 aromatic heterocycles. The predicted octanol–water partition coefficient (Wildman–Crippen LogP) is 2.13. The number of hydrogen-bond donors (Lipinski definition) is 1. The van der Waals surface area contributed by atoms with Crippen LogP contribution >= 0.6 is 0 Å². The van der Waals surface area contributed by atoms with Gasteiger partial charge in [-0.1, -0.05) is 42.4 Å². The van der Waals surface area contributed by atoms with Crippen LogP contribution in [0.2, 0.25) is 0 Å². The molecular weight excluding hydrogens is 314 g/mol. The topological polar surface area (TPSA) is 56.9 Å². The summed E-state index contributed by atoms with van der Waals surface area (Å²) in [6, 6.07) is 12.6. The van der Waals surface area contributed by atoms with E-state index in [1.807, 2.05) is 13.1 Å². The first-order valence-electron chi connectivity index (χ1n) is 8.95. The third-order valence-electron chi connectivity index (χ3n) is 4.52. The molecule has 1 aliphatic heterocycles. The van der Waals surface area contributed by atoms with E-state index in [1.165, 1.54) is 5.56 Å². The van der Waals surface area contributed by atoms with Gasteiger partial charge in [0.25, 0.3) is 0 Å². The fraction of sp³-hybridized carbons (Fsp3) is 0.474. The Morgan fingerprint density at radius 2 is 1.96 bits per heavy atom. The quantitative estimate of drug-likeness (QED) is 0.667. The average Bonchev–Trinajstić information content (AvgIpc) is 3.12. The van der Waals surface area contributed by atoms with Gasteiger partial charge in [-0.25, -0.2) is 0 Å². The van der Waals surface area contributed by atoms with E-state index in [0.717, 1.165) is 56.6 Å². The average molecular weight is 341 g/mol. The van der Waals surface area contributed by atoms with Crippen LogP contribution in [-0.2, 0) is 19.5 Å². The van der Waals surface area contributed by atoms with Gasteiger partial charge in [0, 0.05) is 45.8 Å². The van der Waals surface area contributed by atoms with E-state index in [9.17, 15) is 0 Å². The second-order valence-corrected chi connectivity index (χ2v) is 6.29. The number of aromatic nitrogens is 1. The van der Waals surface area contributed by atoms with Crippen molar-refractivity contribution in [2.45, 2.75) is 26.4 Å². The SMILES string of the molecule is CCc1cc(CNC(=NC)N2CCN(Cc3ccccc3)CC2)on1. The monoisotopic (exact) mass is 341 g/mol. The molecule has 0 saturated carbocycles. The lowest BCUT2D eigenvalue weighted by atomic mass is 10.2. The molecule has 1 saturated heterocycles. The first-order valence-corrected chi connectivity index (χ1v) is 8.95. The van der Waals surface area contributed by atoms with Gasteiger partial charge in [0.1, 0.15) is 0 Å². The number of hydrogen-bond acceptors (Lipinski definition) is 4. The predicted molar refractivity (Wildman–Crippen MR) is 99.4 cm³/mol. The lowest BCUT2D eigenvalue weighted by Crippen LogP contribution is -2.52. The van der Waals surface area contributed by atoms with Crippen LogP contribution in [0.5, 0.6) is 0 Å². The Morgan fingerprint density at radius 3 is 2.60 bits per heavy atom. The number of aryl methyl sites for hydroxylation is 1. The van der Waals surface area contributed by atoms with Gasteiger partial charge >= 0.3 is 0 Å². The van der Waals surface area contributed by atoms with E-state index in [0.29, 0.717) is 6.54 Å². The van der Waals surface area contributed by atoms with Crippen LogP contribution in [-0.4, -0.2) is 54.1 Å². The van der Waals surface area contributed by atoms with Crippen molar-refractivity contribution in [3.05, 3.63) is 53.4 Å². The summed E-state index contributed by atoms with van der Waals surface area (Å²) in [6.07, 6.45) is 0.890. The Morgan fingerprint density at radius 1 is 1.20 bits per heavy atom. The Kier molecular flexibility index (Phi) is 6.06. The van der Waals surface area contributed by atoms with Crippen LogP contribution in [0.3, 0.4) is 0 Å². The zero-order chi connectivity index (χ0) is 17.5. The smallest absolute Gasteiger partial charge is 0.194 e. The van der Waals surface area contributed by atoms with Gasteiger partial charge in [-0.15, -0.1) is 0 Å². The lowest BCUT2D eigenvalue weighted by molar-refractivity contribution is 0.172. The molecule has 6 heteroatoms. The van der Waals surface area contributed by atoms with E-state index >= 15 is 0 Å². The molecule has 0 amide bonds. The first-order chi connectivity index (χ1) is 12.3. The highest BCUT2D eigenvalue weighted by Crippen LogP contribution is 2.09. The molecule has 0 unspecified atom stereocenters. The van der Waals surface area contributed by atoms with Crippen molar-refractivity contribution in [1.82, 2.24) is 20.3 Å². The van der Waals surface area contributed by atoms with E-state index in [-0.39, 0.29) is 0 Å². The summed E-state index contributed by atoms with van der Waals surface area (Å²) in [5.74, 6) is 1.77. The molecule has 0 radical (unpaired) electrons. The standard InChI is InChI=1S/C19H27N5O/c1-3-17-13-18(25-22-17)14-21-19(20-2)24-11-9-23(10-12-24)15-16-7-5-4-6-8-16/h4-8,13H,3,9-12,14-15H2,1-2H3,(H,20,21). The van der Waals surface area contributed by atoms with E-state index in [4.69, 9.17) is 4.52 Å². The zero-order valence-corrected chi connectivity index (χ0v) is 15.1. The van der Waals surface area contributed by atoms with Gasteiger partial charge < -0.3 is 14.7 Å². The molecule has 1 fully saturated rings. The number of benzene rings is 1. The van der Waals surface area contributed by atoms with Crippen molar-refractivity contribution in [3.8, 4) is 0 Å². The molecule has 1 aromatic carbocycles. The summed E-state index contributed by atoms with van der Waals surface area (Å²) in [7, 11) is 1.83. The van der Waals surface area contributed by atoms with Crippen LogP contribution in [0.15, 0.2) is 45.9 Å². The van der Waals surface area contributed by atoms with Crippen molar-refractivity contribution in [2.24, 2.45) is 4.99 Å². The van der Waals surface area contributed by atoms with Crippen molar-refractivity contribution in [3.63, 3.8) is 0 Å². The Balaban J connectivity index is 1.47. The van der Waals surface area contributed by atoms with Crippen LogP contribution < -0.4 is 5.32 Å². The third-order valence-corrected chi connectivity index (χ3v) is 4.52. The molecule has 3 rings (SSSR count). The molecule has 1 aliphatic rings. The van der Waals surface area contributed by atoms with Crippen LogP contribution in [0.4, 0.5) is 0 Å². The summed E-state index contributed by atoms with van der Waals surface area (Å²) in [5, 5.41) is 7.41. The second-order valence-electron chi connectivity index (χ2n) is 6.29. The molecule has 6 nitrogen and oxygen atoms in total. The van der Waals surface area contributed by atoms with Crippen molar-refractivity contribution < 1.29 is 4.52 Å². The fourth-order valence-corrected chi connectivity index (χ4v) is 3.06. The van der Waals surface area contributed by atoms with Gasteiger partial charge in [-0.2, -0.15) is 0 Å². The second kappa shape index (κ2) is 8.67. The fourth-order valence-electron chi connectivity index (χ4n) is 3.06. The highest BCUT2D eigenvalue weighted by atomic mass is 16.5. The van der Waals surface area contributed by atoms with Crippen LogP contribution in [0, 0.1) is 0 Å². The maximum absolute atomic E-state index is 5.33. The van der Waals surface area contributed by atoms with Crippen LogP contribution in [0.1, 0.15) is 23.9 Å². The molecule has 0 spiro atoms. The molecule has 134 valence electrons. The number of piperazine rings is 1. The van der Waals surface area contributed by atoms with Crippen molar-refractivity contribution in [2.75, 3.05) is 33.2 Å². The van der Waals surface area contributed by atoms with Gasteiger partial charge in [0.05, 0.1) is 12.2 Å². The Labute approximate surface area is 149 Å².